The number of rotatable bonds is 1. The van der Waals surface area contributed by atoms with Crippen LogP contribution >= 0.6 is 0 Å². The summed E-state index contributed by atoms with van der Waals surface area (Å²) in [5, 5.41) is 0. The summed E-state index contributed by atoms with van der Waals surface area (Å²) in [6.07, 6.45) is 3.39. The molecular formula is C11H8FN. The maximum absolute atomic E-state index is 12.8. The van der Waals surface area contributed by atoms with Crippen LogP contribution < -0.4 is 0 Å². The van der Waals surface area contributed by atoms with Gasteiger partial charge in [-0.05, 0) is 35.4 Å². The second-order valence-electron chi connectivity index (χ2n) is 2.75. The van der Waals surface area contributed by atoms with E-state index in [0.29, 0.717) is 0 Å². The topological polar surface area (TPSA) is 12.9 Å². The Labute approximate surface area is 75.9 Å². The van der Waals surface area contributed by atoms with Gasteiger partial charge < -0.3 is 0 Å². The number of halogens is 1. The maximum Gasteiger partial charge on any atom is 0.123 e. The molecule has 0 amide bonds. The first-order valence-electron chi connectivity index (χ1n) is 4.02. The van der Waals surface area contributed by atoms with Gasteiger partial charge in [-0.2, -0.15) is 0 Å². The first kappa shape index (κ1) is 7.92. The molecule has 1 heterocycles. The van der Waals surface area contributed by atoms with Crippen molar-refractivity contribution in [3.63, 3.8) is 0 Å². The predicted molar refractivity (Wildman–Crippen MR) is 49.6 cm³/mol. The van der Waals surface area contributed by atoms with Crippen LogP contribution in [0.1, 0.15) is 0 Å². The molecule has 0 N–H and O–H groups in total. The molecule has 1 aromatic heterocycles. The largest absolute Gasteiger partial charge is 0.265 e. The summed E-state index contributed by atoms with van der Waals surface area (Å²) in [7, 11) is 0. The zero-order chi connectivity index (χ0) is 9.10. The Kier molecular flexibility index (Phi) is 2.04. The van der Waals surface area contributed by atoms with E-state index in [2.05, 4.69) is 4.98 Å². The normalized spacial score (nSPS) is 9.92. The monoisotopic (exact) mass is 173 g/mol. The summed E-state index contributed by atoms with van der Waals surface area (Å²) < 4.78 is 12.8. The molecule has 0 atom stereocenters. The average Bonchev–Trinajstić information content (AvgIpc) is 2.19. The van der Waals surface area contributed by atoms with Gasteiger partial charge in [0.15, 0.2) is 0 Å². The average molecular weight is 173 g/mol. The van der Waals surface area contributed by atoms with Crippen molar-refractivity contribution in [1.29, 1.82) is 0 Å². The molecule has 0 aliphatic heterocycles. The lowest BCUT2D eigenvalue weighted by Gasteiger charge is -1.99. The molecule has 2 rings (SSSR count). The zero-order valence-electron chi connectivity index (χ0n) is 6.94. The molecule has 0 radical (unpaired) electrons. The van der Waals surface area contributed by atoms with Crippen molar-refractivity contribution >= 4 is 0 Å². The molecule has 0 aliphatic carbocycles. The van der Waals surface area contributed by atoms with Crippen LogP contribution in [-0.2, 0) is 0 Å². The van der Waals surface area contributed by atoms with Crippen LogP contribution in [0.25, 0.3) is 11.1 Å². The molecule has 64 valence electrons. The van der Waals surface area contributed by atoms with Gasteiger partial charge in [0.05, 0.1) is 0 Å². The Morgan fingerprint density at radius 2 is 1.69 bits per heavy atom. The summed E-state index contributed by atoms with van der Waals surface area (Å²) >= 11 is 0. The van der Waals surface area contributed by atoms with Crippen LogP contribution in [0.4, 0.5) is 4.39 Å². The van der Waals surface area contributed by atoms with Gasteiger partial charge in [0.2, 0.25) is 0 Å². The van der Waals surface area contributed by atoms with Crippen molar-refractivity contribution in [2.24, 2.45) is 0 Å². The zero-order valence-corrected chi connectivity index (χ0v) is 6.94. The quantitative estimate of drug-likeness (QED) is 0.646. The molecule has 0 bridgehead atoms. The van der Waals surface area contributed by atoms with Gasteiger partial charge in [-0.15, -0.1) is 0 Å². The van der Waals surface area contributed by atoms with Gasteiger partial charge in [0, 0.05) is 12.4 Å². The van der Waals surface area contributed by atoms with E-state index in [0.717, 1.165) is 11.1 Å². The molecule has 0 aliphatic rings. The molecule has 0 fully saturated rings. The van der Waals surface area contributed by atoms with Gasteiger partial charge in [-0.25, -0.2) is 4.39 Å². The third-order valence-corrected chi connectivity index (χ3v) is 1.84. The molecule has 1 aromatic carbocycles. The summed E-state index contributed by atoms with van der Waals surface area (Å²) in [4.78, 5) is 3.90. The van der Waals surface area contributed by atoms with Gasteiger partial charge >= 0.3 is 0 Å². The van der Waals surface area contributed by atoms with E-state index in [1.165, 1.54) is 12.1 Å². The van der Waals surface area contributed by atoms with Crippen molar-refractivity contribution in [1.82, 2.24) is 4.98 Å². The second-order valence-corrected chi connectivity index (χ2v) is 2.75. The first-order valence-corrected chi connectivity index (χ1v) is 4.02. The molecule has 0 saturated heterocycles. The number of hydrogen-bond acceptors (Lipinski definition) is 1. The van der Waals surface area contributed by atoms with Crippen molar-refractivity contribution < 1.29 is 4.39 Å². The minimum Gasteiger partial charge on any atom is -0.265 e. The van der Waals surface area contributed by atoms with Gasteiger partial charge in [-0.1, -0.05) is 12.1 Å². The lowest BCUT2D eigenvalue weighted by atomic mass is 10.1. The Bertz CT molecular complexity index is 398. The van der Waals surface area contributed by atoms with E-state index in [4.69, 9.17) is 0 Å². The lowest BCUT2D eigenvalue weighted by Crippen LogP contribution is -1.79. The van der Waals surface area contributed by atoms with Crippen LogP contribution in [0.2, 0.25) is 0 Å². The molecular weight excluding hydrogens is 165 g/mol. The predicted octanol–water partition coefficient (Wildman–Crippen LogP) is 2.89. The highest BCUT2D eigenvalue weighted by Crippen LogP contribution is 2.18. The lowest BCUT2D eigenvalue weighted by molar-refractivity contribution is 0.628. The van der Waals surface area contributed by atoms with E-state index in [1.807, 2.05) is 18.2 Å². The van der Waals surface area contributed by atoms with Crippen molar-refractivity contribution in [3.05, 3.63) is 54.6 Å². The molecule has 1 nitrogen and oxygen atoms in total. The van der Waals surface area contributed by atoms with Crippen molar-refractivity contribution in [2.75, 3.05) is 0 Å². The Hall–Kier alpha value is -1.70. The standard InChI is InChI=1S/C11H8FN/c12-11-3-1-2-10(8-11)9-4-6-13-7-5-9/h1-8H. The van der Waals surface area contributed by atoms with Crippen LogP contribution in [0, 0.1) is 5.82 Å². The molecule has 13 heavy (non-hydrogen) atoms. The SMILES string of the molecule is Fc1cccc(-c2ccncc2)c1. The van der Waals surface area contributed by atoms with Crippen LogP contribution in [-0.4, -0.2) is 4.98 Å². The molecule has 2 aromatic rings. The van der Waals surface area contributed by atoms with Crippen LogP contribution in [0.15, 0.2) is 48.8 Å². The minimum absolute atomic E-state index is 0.214. The maximum atomic E-state index is 12.8. The van der Waals surface area contributed by atoms with E-state index in [9.17, 15) is 4.39 Å². The number of benzene rings is 1. The molecule has 2 heteroatoms. The second kappa shape index (κ2) is 3.35. The molecule has 0 spiro atoms. The van der Waals surface area contributed by atoms with Crippen LogP contribution in [0.3, 0.4) is 0 Å². The number of hydrogen-bond donors (Lipinski definition) is 0. The number of pyridine rings is 1. The highest BCUT2D eigenvalue weighted by atomic mass is 19.1. The van der Waals surface area contributed by atoms with Crippen LogP contribution in [0.5, 0.6) is 0 Å². The Morgan fingerprint density at radius 3 is 2.38 bits per heavy atom. The third kappa shape index (κ3) is 1.72. The summed E-state index contributed by atoms with van der Waals surface area (Å²) in [5.41, 5.74) is 1.86. The van der Waals surface area contributed by atoms with Gasteiger partial charge in [-0.3, -0.25) is 4.98 Å². The smallest absolute Gasteiger partial charge is 0.123 e. The fourth-order valence-corrected chi connectivity index (χ4v) is 1.21. The fraction of sp³-hybridized carbons (Fsp3) is 0. The first-order chi connectivity index (χ1) is 6.36. The number of aromatic nitrogens is 1. The van der Waals surface area contributed by atoms with Crippen molar-refractivity contribution in [2.45, 2.75) is 0 Å². The Balaban J connectivity index is 2.48. The summed E-state index contributed by atoms with van der Waals surface area (Å²) in [6, 6.07) is 10.2. The van der Waals surface area contributed by atoms with Crippen molar-refractivity contribution in [3.8, 4) is 11.1 Å². The minimum atomic E-state index is -0.214. The van der Waals surface area contributed by atoms with E-state index in [1.54, 1.807) is 18.5 Å². The highest BCUT2D eigenvalue weighted by Gasteiger charge is 1.96. The summed E-state index contributed by atoms with van der Waals surface area (Å²) in [5.74, 6) is -0.214. The van der Waals surface area contributed by atoms with E-state index >= 15 is 0 Å². The third-order valence-electron chi connectivity index (χ3n) is 1.84. The van der Waals surface area contributed by atoms with E-state index in [-0.39, 0.29) is 5.82 Å². The van der Waals surface area contributed by atoms with Gasteiger partial charge in [0.1, 0.15) is 5.82 Å². The highest BCUT2D eigenvalue weighted by molar-refractivity contribution is 5.62. The van der Waals surface area contributed by atoms with E-state index < -0.39 is 0 Å². The molecule has 0 unspecified atom stereocenters. The van der Waals surface area contributed by atoms with Gasteiger partial charge in [0.25, 0.3) is 0 Å². The Morgan fingerprint density at radius 1 is 0.923 bits per heavy atom. The number of nitrogens with zero attached hydrogens (tertiary/aromatic N) is 1. The fourth-order valence-electron chi connectivity index (χ4n) is 1.21. The molecule has 0 saturated carbocycles. The summed E-state index contributed by atoms with van der Waals surface area (Å²) in [6.45, 7) is 0.